The van der Waals surface area contributed by atoms with Crippen molar-refractivity contribution in [3.8, 4) is 0 Å². The summed E-state index contributed by atoms with van der Waals surface area (Å²) in [6.07, 6.45) is 1.49. The number of nitrogens with one attached hydrogen (secondary N) is 2. The average Bonchev–Trinajstić information content (AvgIpc) is 2.83. The highest BCUT2D eigenvalue weighted by atomic mass is 35.5. The van der Waals surface area contributed by atoms with E-state index < -0.39 is 10.0 Å². The molecule has 0 unspecified atom stereocenters. The third-order valence-corrected chi connectivity index (χ3v) is 7.95. The van der Waals surface area contributed by atoms with Crippen LogP contribution in [0.2, 0.25) is 5.02 Å². The molecule has 8 nitrogen and oxygen atoms in total. The molecule has 10 heteroatoms. The van der Waals surface area contributed by atoms with Gasteiger partial charge in [-0.1, -0.05) is 41.9 Å². The largest absolute Gasteiger partial charge is 0.385 e. The van der Waals surface area contributed by atoms with Crippen molar-refractivity contribution in [3.05, 3.63) is 64.7 Å². The van der Waals surface area contributed by atoms with Crippen LogP contribution in [0, 0.1) is 5.92 Å². The lowest BCUT2D eigenvalue weighted by atomic mass is 9.97. The number of nitrogens with zero attached hydrogens (tertiary/aromatic N) is 1. The molecule has 1 heterocycles. The van der Waals surface area contributed by atoms with Crippen LogP contribution in [0.3, 0.4) is 0 Å². The fourth-order valence-corrected chi connectivity index (χ4v) is 5.71. The van der Waals surface area contributed by atoms with E-state index >= 15 is 0 Å². The Morgan fingerprint density at radius 2 is 1.76 bits per heavy atom. The van der Waals surface area contributed by atoms with Gasteiger partial charge in [0.15, 0.2) is 0 Å². The molecule has 2 amide bonds. The summed E-state index contributed by atoms with van der Waals surface area (Å²) in [6, 6.07) is 13.7. The summed E-state index contributed by atoms with van der Waals surface area (Å²) >= 11 is 6.12. The van der Waals surface area contributed by atoms with Gasteiger partial charge in [-0.05, 0) is 43.0 Å². The van der Waals surface area contributed by atoms with E-state index in [4.69, 9.17) is 16.3 Å². The molecule has 0 aliphatic carbocycles. The standard InChI is InChI=1S/C24H30ClN3O5S/c1-33-16-6-13-26-24(30)20-8-3-5-10-22(20)27-23(29)18-11-14-28(15-12-18)34(31,32)17-19-7-2-4-9-21(19)25/h2-5,7-10,18H,6,11-17H2,1H3,(H,26,30)(H,27,29). The number of hydrogen-bond acceptors (Lipinski definition) is 5. The van der Waals surface area contributed by atoms with Gasteiger partial charge in [-0.3, -0.25) is 9.59 Å². The topological polar surface area (TPSA) is 105 Å². The van der Waals surface area contributed by atoms with E-state index in [9.17, 15) is 18.0 Å². The van der Waals surface area contributed by atoms with Crippen LogP contribution in [0.4, 0.5) is 5.69 Å². The predicted molar refractivity (Wildman–Crippen MR) is 132 cm³/mol. The van der Waals surface area contributed by atoms with Crippen LogP contribution in [0.5, 0.6) is 0 Å². The Labute approximate surface area is 205 Å². The zero-order valence-electron chi connectivity index (χ0n) is 19.1. The zero-order valence-corrected chi connectivity index (χ0v) is 20.7. The zero-order chi connectivity index (χ0) is 24.6. The highest BCUT2D eigenvalue weighted by Gasteiger charge is 2.32. The number of para-hydroxylation sites is 1. The number of piperidine rings is 1. The first-order valence-electron chi connectivity index (χ1n) is 11.2. The summed E-state index contributed by atoms with van der Waals surface area (Å²) in [7, 11) is -1.94. The number of anilines is 1. The van der Waals surface area contributed by atoms with Crippen molar-refractivity contribution >= 4 is 39.1 Å². The van der Waals surface area contributed by atoms with Crippen molar-refractivity contribution in [3.63, 3.8) is 0 Å². The van der Waals surface area contributed by atoms with Gasteiger partial charge in [0, 0.05) is 44.3 Å². The summed E-state index contributed by atoms with van der Waals surface area (Å²) in [5.41, 5.74) is 1.37. The molecule has 1 saturated heterocycles. The molecule has 2 aromatic carbocycles. The summed E-state index contributed by atoms with van der Waals surface area (Å²) < 4.78 is 32.1. The van der Waals surface area contributed by atoms with E-state index in [0.717, 1.165) is 0 Å². The van der Waals surface area contributed by atoms with Gasteiger partial charge >= 0.3 is 0 Å². The number of halogens is 1. The summed E-state index contributed by atoms with van der Waals surface area (Å²) in [4.78, 5) is 25.4. The summed E-state index contributed by atoms with van der Waals surface area (Å²) in [5.74, 6) is -1.00. The number of amides is 2. The minimum atomic E-state index is -3.54. The fourth-order valence-electron chi connectivity index (χ4n) is 3.84. The molecular formula is C24H30ClN3O5S. The number of sulfonamides is 1. The van der Waals surface area contributed by atoms with Crippen LogP contribution < -0.4 is 10.6 Å². The lowest BCUT2D eigenvalue weighted by Gasteiger charge is -2.30. The van der Waals surface area contributed by atoms with Crippen LogP contribution in [0.15, 0.2) is 48.5 Å². The number of ether oxygens (including phenoxy) is 1. The first-order valence-corrected chi connectivity index (χ1v) is 13.2. The summed E-state index contributed by atoms with van der Waals surface area (Å²) in [5, 5.41) is 6.09. The van der Waals surface area contributed by atoms with Gasteiger partial charge in [-0.25, -0.2) is 12.7 Å². The van der Waals surface area contributed by atoms with Crippen molar-refractivity contribution in [2.75, 3.05) is 38.7 Å². The Hall–Kier alpha value is -2.46. The van der Waals surface area contributed by atoms with Crippen molar-refractivity contribution < 1.29 is 22.7 Å². The molecule has 0 spiro atoms. The minimum absolute atomic E-state index is 0.170. The van der Waals surface area contributed by atoms with Crippen LogP contribution >= 0.6 is 11.6 Å². The quantitative estimate of drug-likeness (QED) is 0.480. The molecule has 0 atom stereocenters. The highest BCUT2D eigenvalue weighted by molar-refractivity contribution is 7.88. The molecule has 0 radical (unpaired) electrons. The lowest BCUT2D eigenvalue weighted by molar-refractivity contribution is -0.120. The number of carbonyl (C=O) groups is 2. The third-order valence-electron chi connectivity index (χ3n) is 5.75. The van der Waals surface area contributed by atoms with Crippen molar-refractivity contribution in [1.29, 1.82) is 0 Å². The molecule has 184 valence electrons. The van der Waals surface area contributed by atoms with Crippen LogP contribution in [0.25, 0.3) is 0 Å². The normalized spacial score (nSPS) is 15.1. The Balaban J connectivity index is 1.56. The maximum Gasteiger partial charge on any atom is 0.253 e. The Morgan fingerprint density at radius 3 is 2.47 bits per heavy atom. The second-order valence-electron chi connectivity index (χ2n) is 8.16. The molecule has 0 saturated carbocycles. The molecule has 2 aromatic rings. The van der Waals surface area contributed by atoms with Crippen molar-refractivity contribution in [2.24, 2.45) is 5.92 Å². The lowest BCUT2D eigenvalue weighted by Crippen LogP contribution is -2.42. The first-order chi connectivity index (χ1) is 16.3. The highest BCUT2D eigenvalue weighted by Crippen LogP contribution is 2.25. The second kappa shape index (κ2) is 12.3. The van der Waals surface area contributed by atoms with Crippen molar-refractivity contribution in [2.45, 2.75) is 25.0 Å². The molecule has 34 heavy (non-hydrogen) atoms. The number of benzene rings is 2. The molecular weight excluding hydrogens is 478 g/mol. The number of methoxy groups -OCH3 is 1. The van der Waals surface area contributed by atoms with Crippen molar-refractivity contribution in [1.82, 2.24) is 9.62 Å². The number of rotatable bonds is 10. The Kier molecular flexibility index (Phi) is 9.46. The third kappa shape index (κ3) is 7.02. The van der Waals surface area contributed by atoms with E-state index in [1.165, 1.54) is 4.31 Å². The van der Waals surface area contributed by atoms with Crippen LogP contribution in [0.1, 0.15) is 35.2 Å². The average molecular weight is 508 g/mol. The maximum absolute atomic E-state index is 12.9. The molecule has 0 bridgehead atoms. The van der Waals surface area contributed by atoms with E-state index in [-0.39, 0.29) is 36.6 Å². The molecule has 3 rings (SSSR count). The number of hydrogen-bond donors (Lipinski definition) is 2. The van der Waals surface area contributed by atoms with E-state index in [1.807, 2.05) is 0 Å². The van der Waals surface area contributed by atoms with E-state index in [2.05, 4.69) is 10.6 Å². The van der Waals surface area contributed by atoms with Gasteiger partial charge in [0.2, 0.25) is 15.9 Å². The van der Waals surface area contributed by atoms with E-state index in [0.29, 0.717) is 54.3 Å². The molecule has 0 aromatic heterocycles. The van der Waals surface area contributed by atoms with Gasteiger partial charge in [0.05, 0.1) is 17.0 Å². The molecule has 1 aliphatic rings. The molecule has 2 N–H and O–H groups in total. The fraction of sp³-hybridized carbons (Fsp3) is 0.417. The molecule has 1 fully saturated rings. The van der Waals surface area contributed by atoms with Gasteiger partial charge < -0.3 is 15.4 Å². The minimum Gasteiger partial charge on any atom is -0.385 e. The maximum atomic E-state index is 12.9. The SMILES string of the molecule is COCCCNC(=O)c1ccccc1NC(=O)C1CCN(S(=O)(=O)Cc2ccccc2Cl)CC1. The number of carbonyl (C=O) groups excluding carboxylic acids is 2. The summed E-state index contributed by atoms with van der Waals surface area (Å²) in [6.45, 7) is 1.53. The van der Waals surface area contributed by atoms with Gasteiger partial charge in [-0.2, -0.15) is 0 Å². The Bertz CT molecular complexity index is 1100. The van der Waals surface area contributed by atoms with Crippen LogP contribution in [-0.2, 0) is 25.3 Å². The second-order valence-corrected chi connectivity index (χ2v) is 10.5. The predicted octanol–water partition coefficient (Wildman–Crippen LogP) is 3.29. The van der Waals surface area contributed by atoms with Gasteiger partial charge in [-0.15, -0.1) is 0 Å². The monoisotopic (exact) mass is 507 g/mol. The molecule has 1 aliphatic heterocycles. The smallest absolute Gasteiger partial charge is 0.253 e. The van der Waals surface area contributed by atoms with Gasteiger partial charge in [0.1, 0.15) is 0 Å². The van der Waals surface area contributed by atoms with E-state index in [1.54, 1.807) is 55.6 Å². The van der Waals surface area contributed by atoms with Crippen LogP contribution in [-0.4, -0.2) is 57.9 Å². The first kappa shape index (κ1) is 26.2. The van der Waals surface area contributed by atoms with Gasteiger partial charge in [0.25, 0.3) is 5.91 Å². The Morgan fingerprint density at radius 1 is 1.09 bits per heavy atom.